The zero-order valence-electron chi connectivity index (χ0n) is 14.6. The van der Waals surface area contributed by atoms with Gasteiger partial charge in [0.1, 0.15) is 6.61 Å². The van der Waals surface area contributed by atoms with Gasteiger partial charge in [0.2, 0.25) is 0 Å². The molecule has 0 aliphatic carbocycles. The van der Waals surface area contributed by atoms with E-state index in [0.29, 0.717) is 12.6 Å². The number of benzene rings is 2. The molecule has 1 N–H and O–H groups in total. The van der Waals surface area contributed by atoms with E-state index in [1.54, 1.807) is 12.3 Å². The topological polar surface area (TPSA) is 39.1 Å². The molecule has 1 aliphatic rings. The van der Waals surface area contributed by atoms with E-state index in [1.165, 1.54) is 6.07 Å². The van der Waals surface area contributed by atoms with Crippen molar-refractivity contribution in [3.8, 4) is 16.9 Å². The Morgan fingerprint density at radius 1 is 1.08 bits per heavy atom. The molecule has 1 aromatic heterocycles. The molecule has 5 heteroatoms. The van der Waals surface area contributed by atoms with Crippen LogP contribution in [0.5, 0.6) is 5.75 Å². The minimum absolute atomic E-state index is 0.279. The molecule has 4 nitrogen and oxygen atoms in total. The summed E-state index contributed by atoms with van der Waals surface area (Å²) in [7, 11) is 0. The highest BCUT2D eigenvalue weighted by molar-refractivity contribution is 5.69. The lowest BCUT2D eigenvalue weighted by Gasteiger charge is -2.22. The summed E-state index contributed by atoms with van der Waals surface area (Å²) in [5, 5.41) is 7.88. The second kappa shape index (κ2) is 7.70. The van der Waals surface area contributed by atoms with E-state index in [2.05, 4.69) is 10.4 Å². The third kappa shape index (κ3) is 3.63. The fraction of sp³-hybridized carbons (Fsp3) is 0.286. The third-order valence-corrected chi connectivity index (χ3v) is 4.79. The van der Waals surface area contributed by atoms with Crippen molar-refractivity contribution in [2.45, 2.75) is 25.5 Å². The third-order valence-electron chi connectivity index (χ3n) is 4.79. The first-order valence-corrected chi connectivity index (χ1v) is 9.02. The lowest BCUT2D eigenvalue weighted by molar-refractivity contribution is 0.291. The van der Waals surface area contributed by atoms with Crippen molar-refractivity contribution in [2.24, 2.45) is 0 Å². The van der Waals surface area contributed by atoms with Crippen LogP contribution in [-0.4, -0.2) is 22.9 Å². The Bertz CT molecular complexity index is 857. The monoisotopic (exact) mass is 351 g/mol. The molecule has 1 saturated heterocycles. The molecule has 0 amide bonds. The quantitative estimate of drug-likeness (QED) is 0.749. The summed E-state index contributed by atoms with van der Waals surface area (Å²) in [6.07, 6.45) is 5.91. The molecule has 0 bridgehead atoms. The van der Waals surface area contributed by atoms with Gasteiger partial charge in [-0.05, 0) is 37.6 Å². The molecule has 0 unspecified atom stereocenters. The Balaban J connectivity index is 1.58. The maximum atomic E-state index is 14.4. The summed E-state index contributed by atoms with van der Waals surface area (Å²) in [5.74, 6) is -0.0748. The minimum atomic E-state index is -0.354. The number of nitrogens with one attached hydrogen (secondary N) is 1. The maximum Gasteiger partial charge on any atom is 0.165 e. The number of piperidine rings is 1. The normalized spacial score (nSPS) is 15.1. The van der Waals surface area contributed by atoms with Crippen molar-refractivity contribution in [1.82, 2.24) is 15.1 Å². The van der Waals surface area contributed by atoms with Crippen molar-refractivity contribution < 1.29 is 9.13 Å². The molecule has 0 atom stereocenters. The van der Waals surface area contributed by atoms with Crippen molar-refractivity contribution in [3.05, 3.63) is 72.3 Å². The fourth-order valence-electron chi connectivity index (χ4n) is 3.36. The highest BCUT2D eigenvalue weighted by Crippen LogP contribution is 2.33. The lowest BCUT2D eigenvalue weighted by atomic mass is 10.1. The number of para-hydroxylation sites is 1. The summed E-state index contributed by atoms with van der Waals surface area (Å²) in [4.78, 5) is 0. The second-order valence-corrected chi connectivity index (χ2v) is 6.58. The first-order chi connectivity index (χ1) is 12.8. The van der Waals surface area contributed by atoms with Crippen LogP contribution in [0.25, 0.3) is 11.1 Å². The maximum absolute atomic E-state index is 14.4. The number of rotatable bonds is 5. The zero-order chi connectivity index (χ0) is 17.8. The predicted molar refractivity (Wildman–Crippen MR) is 99.5 cm³/mol. The molecule has 0 radical (unpaired) electrons. The van der Waals surface area contributed by atoms with Gasteiger partial charge in [0.05, 0.1) is 12.2 Å². The lowest BCUT2D eigenvalue weighted by Crippen LogP contribution is -2.29. The molecule has 0 saturated carbocycles. The summed E-state index contributed by atoms with van der Waals surface area (Å²) in [6, 6.07) is 15.2. The summed E-state index contributed by atoms with van der Waals surface area (Å²) in [5.41, 5.74) is 2.62. The highest BCUT2D eigenvalue weighted by Gasteiger charge is 2.18. The molecule has 4 rings (SSSR count). The molecule has 3 aromatic rings. The number of hydrogen-bond donors (Lipinski definition) is 1. The highest BCUT2D eigenvalue weighted by atomic mass is 19.1. The van der Waals surface area contributed by atoms with E-state index in [-0.39, 0.29) is 11.6 Å². The number of aromatic nitrogens is 2. The molecule has 2 aromatic carbocycles. The molecule has 2 heterocycles. The summed E-state index contributed by atoms with van der Waals surface area (Å²) < 4.78 is 22.3. The van der Waals surface area contributed by atoms with Gasteiger partial charge in [-0.2, -0.15) is 5.10 Å². The summed E-state index contributed by atoms with van der Waals surface area (Å²) >= 11 is 0. The molecule has 26 heavy (non-hydrogen) atoms. The van der Waals surface area contributed by atoms with Crippen LogP contribution in [0.3, 0.4) is 0 Å². The van der Waals surface area contributed by atoms with Crippen LogP contribution in [0.1, 0.15) is 24.4 Å². The van der Waals surface area contributed by atoms with E-state index < -0.39 is 0 Å². The van der Waals surface area contributed by atoms with Gasteiger partial charge < -0.3 is 10.1 Å². The van der Waals surface area contributed by atoms with Gasteiger partial charge in [0.25, 0.3) is 0 Å². The average Bonchev–Trinajstić information content (AvgIpc) is 3.18. The van der Waals surface area contributed by atoms with Crippen molar-refractivity contribution in [2.75, 3.05) is 13.1 Å². The van der Waals surface area contributed by atoms with Gasteiger partial charge in [0, 0.05) is 17.3 Å². The van der Waals surface area contributed by atoms with Crippen LogP contribution < -0.4 is 10.1 Å². The van der Waals surface area contributed by atoms with E-state index >= 15 is 0 Å². The van der Waals surface area contributed by atoms with Gasteiger partial charge in [-0.15, -0.1) is 0 Å². The van der Waals surface area contributed by atoms with Crippen molar-refractivity contribution >= 4 is 0 Å². The number of ether oxygens (including phenoxy) is 1. The van der Waals surface area contributed by atoms with Crippen LogP contribution in [0.2, 0.25) is 0 Å². The average molecular weight is 351 g/mol. The second-order valence-electron chi connectivity index (χ2n) is 6.58. The molecule has 1 fully saturated rings. The molecular weight excluding hydrogens is 329 g/mol. The molecule has 0 spiro atoms. The molecule has 1 aliphatic heterocycles. The summed E-state index contributed by atoms with van der Waals surface area (Å²) in [6.45, 7) is 2.34. The largest absolute Gasteiger partial charge is 0.485 e. The Hall–Kier alpha value is -2.66. The van der Waals surface area contributed by atoms with Crippen LogP contribution in [0.4, 0.5) is 4.39 Å². The van der Waals surface area contributed by atoms with Gasteiger partial charge in [-0.1, -0.05) is 42.5 Å². The zero-order valence-corrected chi connectivity index (χ0v) is 14.6. The van der Waals surface area contributed by atoms with E-state index in [0.717, 1.165) is 42.6 Å². The Labute approximate surface area is 152 Å². The predicted octanol–water partition coefficient (Wildman–Crippen LogP) is 4.19. The van der Waals surface area contributed by atoms with Gasteiger partial charge in [-0.3, -0.25) is 4.68 Å². The van der Waals surface area contributed by atoms with Crippen LogP contribution >= 0.6 is 0 Å². The smallest absolute Gasteiger partial charge is 0.165 e. The van der Waals surface area contributed by atoms with E-state index in [4.69, 9.17) is 4.74 Å². The number of hydrogen-bond acceptors (Lipinski definition) is 3. The Kier molecular flexibility index (Phi) is 4.97. The van der Waals surface area contributed by atoms with E-state index in [9.17, 15) is 4.39 Å². The standard InChI is InChI=1S/C21H22FN3O/c22-20-8-4-7-19(21(20)26-15-16-5-2-1-3-6-16)17-13-24-25(14-17)18-9-11-23-12-10-18/h1-8,13-14,18,23H,9-12,15H2. The van der Waals surface area contributed by atoms with Crippen molar-refractivity contribution in [1.29, 1.82) is 0 Å². The minimum Gasteiger partial charge on any atom is -0.485 e. The SMILES string of the molecule is Fc1cccc(-c2cnn(C3CCNCC3)c2)c1OCc1ccccc1. The number of nitrogens with zero attached hydrogens (tertiary/aromatic N) is 2. The van der Waals surface area contributed by atoms with Crippen LogP contribution in [0.15, 0.2) is 60.9 Å². The Morgan fingerprint density at radius 2 is 1.88 bits per heavy atom. The van der Waals surface area contributed by atoms with E-state index in [1.807, 2.05) is 47.3 Å². The van der Waals surface area contributed by atoms with Crippen LogP contribution in [0, 0.1) is 5.82 Å². The Morgan fingerprint density at radius 3 is 2.69 bits per heavy atom. The van der Waals surface area contributed by atoms with Crippen LogP contribution in [-0.2, 0) is 6.61 Å². The van der Waals surface area contributed by atoms with Crippen molar-refractivity contribution in [3.63, 3.8) is 0 Å². The van der Waals surface area contributed by atoms with Gasteiger partial charge >= 0.3 is 0 Å². The van der Waals surface area contributed by atoms with Gasteiger partial charge in [0.15, 0.2) is 11.6 Å². The number of halogens is 1. The van der Waals surface area contributed by atoms with Gasteiger partial charge in [-0.25, -0.2) is 4.39 Å². The first kappa shape index (κ1) is 16.8. The molecular formula is C21H22FN3O. The molecule has 134 valence electrons. The fourth-order valence-corrected chi connectivity index (χ4v) is 3.36. The first-order valence-electron chi connectivity index (χ1n) is 9.02.